The van der Waals surface area contributed by atoms with Gasteiger partial charge >= 0.3 is 0 Å². The Morgan fingerprint density at radius 3 is 2.58 bits per heavy atom. The van der Waals surface area contributed by atoms with Crippen LogP contribution in [0.25, 0.3) is 0 Å². The van der Waals surface area contributed by atoms with Gasteiger partial charge in [0.25, 0.3) is 10.0 Å². The predicted octanol–water partition coefficient (Wildman–Crippen LogP) is 2.78. The number of carbonyl (C=O) groups is 1. The molecule has 2 atom stereocenters. The molecule has 2 aromatic rings. The van der Waals surface area contributed by atoms with E-state index in [1.807, 2.05) is 13.0 Å². The summed E-state index contributed by atoms with van der Waals surface area (Å²) in [7, 11) is -0.539. The van der Waals surface area contributed by atoms with Gasteiger partial charge in [-0.1, -0.05) is 6.07 Å². The number of amides is 1. The number of hydrogen-bond acceptors (Lipinski definition) is 5. The second kappa shape index (κ2) is 9.76. The lowest BCUT2D eigenvalue weighted by Crippen LogP contribution is -2.39. The van der Waals surface area contributed by atoms with E-state index in [4.69, 9.17) is 4.74 Å². The summed E-state index contributed by atoms with van der Waals surface area (Å²) >= 11 is 0. The summed E-state index contributed by atoms with van der Waals surface area (Å²) in [5.74, 6) is -1.12. The van der Waals surface area contributed by atoms with Crippen molar-refractivity contribution in [1.29, 1.82) is 0 Å². The number of sulfonamides is 1. The number of benzene rings is 2. The first-order valence-corrected chi connectivity index (χ1v) is 11.6. The first-order valence-electron chi connectivity index (χ1n) is 10.2. The van der Waals surface area contributed by atoms with Crippen LogP contribution >= 0.6 is 0 Å². The molecule has 31 heavy (non-hydrogen) atoms. The number of nitrogens with zero attached hydrogens (tertiary/aromatic N) is 1. The molecule has 0 aliphatic carbocycles. The molecule has 168 valence electrons. The van der Waals surface area contributed by atoms with Crippen molar-refractivity contribution < 1.29 is 22.3 Å². The highest BCUT2D eigenvalue weighted by atomic mass is 32.2. The third-order valence-corrected chi connectivity index (χ3v) is 7.36. The average molecular weight is 450 g/mol. The Hall–Kier alpha value is -2.49. The summed E-state index contributed by atoms with van der Waals surface area (Å²) in [6.45, 7) is 2.58. The van der Waals surface area contributed by atoms with Gasteiger partial charge in [-0.2, -0.15) is 0 Å². The Morgan fingerprint density at radius 2 is 1.94 bits per heavy atom. The SMILES string of the molecule is CNCC(C(=O)Nc1ccc2c(c1)N(S(=O)(=O)c1ccc(F)cc1)CCC2)C(C)OC. The number of nitrogens with one attached hydrogen (secondary N) is 2. The van der Waals surface area contributed by atoms with E-state index in [2.05, 4.69) is 10.6 Å². The Kier molecular flexibility index (Phi) is 7.30. The number of anilines is 2. The quantitative estimate of drug-likeness (QED) is 0.647. The van der Waals surface area contributed by atoms with E-state index >= 15 is 0 Å². The molecule has 1 aliphatic rings. The van der Waals surface area contributed by atoms with Crippen molar-refractivity contribution in [3.05, 3.63) is 53.8 Å². The first-order chi connectivity index (χ1) is 14.8. The van der Waals surface area contributed by atoms with Gasteiger partial charge in [0.05, 0.1) is 22.6 Å². The van der Waals surface area contributed by atoms with Gasteiger partial charge in [0.2, 0.25) is 5.91 Å². The molecule has 0 bridgehead atoms. The third-order valence-electron chi connectivity index (χ3n) is 5.53. The second-order valence-corrected chi connectivity index (χ2v) is 9.43. The van der Waals surface area contributed by atoms with Crippen molar-refractivity contribution in [2.45, 2.75) is 30.8 Å². The van der Waals surface area contributed by atoms with Crippen LogP contribution in [-0.4, -0.2) is 47.7 Å². The van der Waals surface area contributed by atoms with Crippen LogP contribution in [0.2, 0.25) is 0 Å². The number of aryl methyl sites for hydroxylation is 1. The molecule has 3 rings (SSSR count). The number of hydrogen-bond donors (Lipinski definition) is 2. The molecule has 1 amide bonds. The van der Waals surface area contributed by atoms with Crippen molar-refractivity contribution in [1.82, 2.24) is 5.32 Å². The van der Waals surface area contributed by atoms with E-state index in [0.717, 1.165) is 24.1 Å². The molecular formula is C22H28FN3O4S. The first kappa shape index (κ1) is 23.2. The molecule has 1 aliphatic heterocycles. The molecule has 2 N–H and O–H groups in total. The lowest BCUT2D eigenvalue weighted by molar-refractivity contribution is -0.123. The van der Waals surface area contributed by atoms with Gasteiger partial charge in [-0.3, -0.25) is 9.10 Å². The molecule has 0 saturated carbocycles. The second-order valence-electron chi connectivity index (χ2n) is 7.57. The van der Waals surface area contributed by atoms with Gasteiger partial charge < -0.3 is 15.4 Å². The molecule has 2 unspecified atom stereocenters. The van der Waals surface area contributed by atoms with Crippen LogP contribution in [0, 0.1) is 11.7 Å². The minimum Gasteiger partial charge on any atom is -0.381 e. The van der Waals surface area contributed by atoms with Gasteiger partial charge in [0.1, 0.15) is 5.82 Å². The lowest BCUT2D eigenvalue weighted by Gasteiger charge is -2.31. The number of methoxy groups -OCH3 is 1. The Morgan fingerprint density at radius 1 is 1.23 bits per heavy atom. The lowest BCUT2D eigenvalue weighted by atomic mass is 10.0. The molecule has 0 aromatic heterocycles. The summed E-state index contributed by atoms with van der Waals surface area (Å²) in [6.07, 6.45) is 1.12. The van der Waals surface area contributed by atoms with Crippen molar-refractivity contribution in [3.63, 3.8) is 0 Å². The predicted molar refractivity (Wildman–Crippen MR) is 118 cm³/mol. The van der Waals surface area contributed by atoms with E-state index in [-0.39, 0.29) is 16.9 Å². The maximum absolute atomic E-state index is 13.3. The smallest absolute Gasteiger partial charge is 0.264 e. The zero-order valence-electron chi connectivity index (χ0n) is 17.9. The summed E-state index contributed by atoms with van der Waals surface area (Å²) in [4.78, 5) is 12.8. The average Bonchev–Trinajstić information content (AvgIpc) is 2.76. The zero-order chi connectivity index (χ0) is 22.6. The van der Waals surface area contributed by atoms with E-state index in [1.54, 1.807) is 26.3 Å². The van der Waals surface area contributed by atoms with Gasteiger partial charge in [0.15, 0.2) is 0 Å². The maximum atomic E-state index is 13.3. The maximum Gasteiger partial charge on any atom is 0.264 e. The van der Waals surface area contributed by atoms with Crippen molar-refractivity contribution in [3.8, 4) is 0 Å². The number of rotatable bonds is 8. The largest absolute Gasteiger partial charge is 0.381 e. The number of ether oxygens (including phenoxy) is 1. The van der Waals surface area contributed by atoms with Gasteiger partial charge in [-0.05, 0) is 68.8 Å². The van der Waals surface area contributed by atoms with Crippen molar-refractivity contribution in [2.75, 3.05) is 36.9 Å². The van der Waals surface area contributed by atoms with Crippen LogP contribution in [0.4, 0.5) is 15.8 Å². The third kappa shape index (κ3) is 5.06. The minimum absolute atomic E-state index is 0.0270. The molecule has 9 heteroatoms. The summed E-state index contributed by atoms with van der Waals surface area (Å²) < 4.78 is 46.3. The topological polar surface area (TPSA) is 87.7 Å². The van der Waals surface area contributed by atoms with Crippen molar-refractivity contribution >= 4 is 27.3 Å². The summed E-state index contributed by atoms with van der Waals surface area (Å²) in [5.41, 5.74) is 1.92. The van der Waals surface area contributed by atoms with Crippen LogP contribution in [0.5, 0.6) is 0 Å². The minimum atomic E-state index is -3.86. The highest BCUT2D eigenvalue weighted by Crippen LogP contribution is 2.34. The molecular weight excluding hydrogens is 421 g/mol. The van der Waals surface area contributed by atoms with Crippen LogP contribution in [0.15, 0.2) is 47.4 Å². The number of fused-ring (bicyclic) bond motifs is 1. The molecule has 0 saturated heterocycles. The molecule has 0 spiro atoms. The fraction of sp³-hybridized carbons (Fsp3) is 0.409. The van der Waals surface area contributed by atoms with Crippen LogP contribution in [0.1, 0.15) is 18.9 Å². The molecule has 0 fully saturated rings. The number of carbonyl (C=O) groups excluding carboxylic acids is 1. The fourth-order valence-electron chi connectivity index (χ4n) is 3.69. The van der Waals surface area contributed by atoms with Crippen molar-refractivity contribution in [2.24, 2.45) is 5.92 Å². The normalized spacial score (nSPS) is 15.8. The molecule has 0 radical (unpaired) electrons. The highest BCUT2D eigenvalue weighted by molar-refractivity contribution is 7.92. The Bertz CT molecular complexity index is 1030. The monoisotopic (exact) mass is 449 g/mol. The van der Waals surface area contributed by atoms with E-state index in [1.165, 1.54) is 16.4 Å². The molecule has 7 nitrogen and oxygen atoms in total. The van der Waals surface area contributed by atoms with Gasteiger partial charge in [0, 0.05) is 25.9 Å². The number of halogens is 1. The van der Waals surface area contributed by atoms with Gasteiger partial charge in [-0.25, -0.2) is 12.8 Å². The standard InChI is InChI=1S/C22H28FN3O4S/c1-15(30-3)20(14-24-2)22(27)25-18-9-6-16-5-4-12-26(21(16)13-18)31(28,29)19-10-7-17(23)8-11-19/h6-11,13,15,20,24H,4-5,12,14H2,1-3H3,(H,25,27). The summed E-state index contributed by atoms with van der Waals surface area (Å²) in [6, 6.07) is 10.1. The Balaban J connectivity index is 1.90. The van der Waals surface area contributed by atoms with Crippen LogP contribution in [0.3, 0.4) is 0 Å². The highest BCUT2D eigenvalue weighted by Gasteiger charge is 2.30. The molecule has 1 heterocycles. The van der Waals surface area contributed by atoms with Gasteiger partial charge in [-0.15, -0.1) is 0 Å². The van der Waals surface area contributed by atoms with E-state index in [9.17, 15) is 17.6 Å². The molecule has 2 aromatic carbocycles. The van der Waals surface area contributed by atoms with E-state index < -0.39 is 21.8 Å². The zero-order valence-corrected chi connectivity index (χ0v) is 18.7. The van der Waals surface area contributed by atoms with E-state index in [0.29, 0.717) is 30.9 Å². The van der Waals surface area contributed by atoms with Crippen LogP contribution in [-0.2, 0) is 26.0 Å². The summed E-state index contributed by atoms with van der Waals surface area (Å²) in [5, 5.41) is 5.88. The fourth-order valence-corrected chi connectivity index (χ4v) is 5.23. The Labute approximate surface area is 182 Å². The van der Waals surface area contributed by atoms with Crippen LogP contribution < -0.4 is 14.9 Å².